The molecule has 1 aliphatic heterocycles. The Hall–Kier alpha value is -4.95. The van der Waals surface area contributed by atoms with E-state index in [0.29, 0.717) is 30.4 Å². The molecule has 2 heterocycles. The summed E-state index contributed by atoms with van der Waals surface area (Å²) < 4.78 is 41.9. The Balaban J connectivity index is 0.812. The Morgan fingerprint density at radius 2 is 1.65 bits per heavy atom. The smallest absolute Gasteiger partial charge is 0.310 e. The highest BCUT2D eigenvalue weighted by Gasteiger charge is 2.80. The number of carbonyl (C=O) groups is 5. The summed E-state index contributed by atoms with van der Waals surface area (Å²) in [6.45, 7) is 6.32. The molecule has 0 radical (unpaired) electrons. The SMILES string of the molecule is CN(C)C(C(=O)Cc1ccc2cnccc2c1)c1ccc(COC(=O)C2CC2C(=O)OCC(=O)[C@@]23OC(C)(C)O[C@@H]2C[C@H]2[C@@H]4CCC5=CC(=O)C=C[C@]5(C)[C@@]4(F)[C@@H](O)C[C@@]23C)cc1. The first-order chi connectivity index (χ1) is 29.8. The summed E-state index contributed by atoms with van der Waals surface area (Å²) in [5, 5.41) is 13.9. The maximum Gasteiger partial charge on any atom is 0.310 e. The van der Waals surface area contributed by atoms with Crippen LogP contribution < -0.4 is 0 Å². The molecule has 2 aromatic carbocycles. The van der Waals surface area contributed by atoms with Gasteiger partial charge in [-0.15, -0.1) is 0 Å². The third-order valence-corrected chi connectivity index (χ3v) is 15.4. The molecule has 13 heteroatoms. The molecule has 3 aromatic rings. The van der Waals surface area contributed by atoms with E-state index < -0.39 is 94.1 Å². The molecule has 4 saturated carbocycles. The number of allylic oxidation sites excluding steroid dienone is 4. The maximum atomic E-state index is 17.8. The number of esters is 2. The number of benzene rings is 2. The van der Waals surface area contributed by atoms with Crippen molar-refractivity contribution < 1.29 is 52.4 Å². The van der Waals surface area contributed by atoms with Crippen LogP contribution in [0.25, 0.3) is 10.8 Å². The van der Waals surface area contributed by atoms with E-state index in [1.807, 2.05) is 74.4 Å². The van der Waals surface area contributed by atoms with Crippen LogP contribution in [0.15, 0.2) is 84.7 Å². The van der Waals surface area contributed by atoms with Gasteiger partial charge in [0.2, 0.25) is 5.78 Å². The zero-order valence-corrected chi connectivity index (χ0v) is 36.6. The van der Waals surface area contributed by atoms with E-state index in [-0.39, 0.29) is 37.4 Å². The Bertz CT molecular complexity index is 2470. The van der Waals surface area contributed by atoms with Gasteiger partial charge >= 0.3 is 11.9 Å². The number of fused-ring (bicyclic) bond motifs is 8. The number of ketones is 3. The van der Waals surface area contributed by atoms with Crippen LogP contribution in [0.3, 0.4) is 0 Å². The number of aliphatic hydroxyl groups is 1. The standard InChI is InChI=1S/C50H55FN2O10/c1-46(2)62-42-23-38-37-14-13-33-21-34(54)15-17-47(33,3)49(37,51)40(56)24-48(38,4)50(42,63-46)41(57)27-61-45(59)36-22-35(36)44(58)60-26-28-7-10-30(11-8-28)43(53(5)6)39(55)20-29-9-12-32-25-52-18-16-31(32)19-29/h7-12,15-19,21,25,35-38,40,42-43,56H,13-14,20,22-24,26-27H2,1-6H3/t35?,36?,37-,38-,40-,42+,43?,47-,48-,49-,50+/m0/s1. The molecule has 6 aliphatic rings. The molecule has 11 atom stereocenters. The van der Waals surface area contributed by atoms with Crippen molar-refractivity contribution in [1.29, 1.82) is 0 Å². The average molecular weight is 863 g/mol. The van der Waals surface area contributed by atoms with Crippen molar-refractivity contribution in [2.45, 2.75) is 108 Å². The number of likely N-dealkylation sites (N-methyl/N-ethyl adjacent to an activating group) is 1. The second kappa shape index (κ2) is 15.4. The summed E-state index contributed by atoms with van der Waals surface area (Å²) in [5.41, 5.74) is -2.91. The van der Waals surface area contributed by atoms with Gasteiger partial charge in [0.15, 0.2) is 35.2 Å². The first-order valence-electron chi connectivity index (χ1n) is 22.0. The number of hydrogen-bond donors (Lipinski definition) is 1. The topological polar surface area (TPSA) is 159 Å². The molecule has 9 rings (SSSR count). The molecule has 1 saturated heterocycles. The van der Waals surface area contributed by atoms with Crippen LogP contribution in [0.4, 0.5) is 4.39 Å². The van der Waals surface area contributed by atoms with Gasteiger partial charge in [-0.05, 0) is 113 Å². The zero-order chi connectivity index (χ0) is 44.9. The zero-order valence-electron chi connectivity index (χ0n) is 36.6. The van der Waals surface area contributed by atoms with E-state index >= 15 is 4.39 Å². The van der Waals surface area contributed by atoms with Crippen molar-refractivity contribution in [3.63, 3.8) is 0 Å². The molecule has 0 amide bonds. The number of Topliss-reactive ketones (excluding diaryl/α,β-unsaturated/α-hetero) is 2. The van der Waals surface area contributed by atoms with Crippen molar-refractivity contribution in [3.8, 4) is 0 Å². The number of ether oxygens (including phenoxy) is 4. The van der Waals surface area contributed by atoms with E-state index in [2.05, 4.69) is 4.98 Å². The van der Waals surface area contributed by atoms with Gasteiger partial charge in [-0.1, -0.05) is 61.0 Å². The van der Waals surface area contributed by atoms with Gasteiger partial charge in [0.25, 0.3) is 0 Å². The molecule has 0 spiro atoms. The minimum atomic E-state index is -2.10. The van der Waals surface area contributed by atoms with Gasteiger partial charge in [-0.25, -0.2) is 4.39 Å². The van der Waals surface area contributed by atoms with E-state index in [1.165, 1.54) is 12.2 Å². The number of nitrogens with zero attached hydrogens (tertiary/aromatic N) is 2. The van der Waals surface area contributed by atoms with Gasteiger partial charge in [-0.3, -0.25) is 33.9 Å². The maximum absolute atomic E-state index is 17.8. The number of alkyl halides is 1. The Morgan fingerprint density at radius 3 is 2.38 bits per heavy atom. The lowest BCUT2D eigenvalue weighted by Gasteiger charge is -2.62. The second-order valence-electron chi connectivity index (χ2n) is 19.7. The lowest BCUT2D eigenvalue weighted by molar-refractivity contribution is -0.246. The lowest BCUT2D eigenvalue weighted by Crippen LogP contribution is -2.70. The highest BCUT2D eigenvalue weighted by Crippen LogP contribution is 2.72. The monoisotopic (exact) mass is 862 g/mol. The molecular formula is C50H55FN2O10. The van der Waals surface area contributed by atoms with E-state index in [4.69, 9.17) is 18.9 Å². The van der Waals surface area contributed by atoms with Gasteiger partial charge in [0.1, 0.15) is 6.61 Å². The summed E-state index contributed by atoms with van der Waals surface area (Å²) in [7, 11) is 3.72. The van der Waals surface area contributed by atoms with Crippen molar-refractivity contribution in [2.24, 2.45) is 34.5 Å². The fourth-order valence-corrected chi connectivity index (χ4v) is 12.2. The molecule has 0 bridgehead atoms. The van der Waals surface area contributed by atoms with Crippen LogP contribution in [0.1, 0.15) is 82.5 Å². The fraction of sp³-hybridized carbons (Fsp3) is 0.520. The van der Waals surface area contributed by atoms with Crippen LogP contribution >= 0.6 is 0 Å². The molecule has 5 fully saturated rings. The quantitative estimate of drug-likeness (QED) is 0.203. The predicted octanol–water partition coefficient (Wildman–Crippen LogP) is 6.31. The van der Waals surface area contributed by atoms with Crippen LogP contribution in [-0.2, 0) is 55.9 Å². The summed E-state index contributed by atoms with van der Waals surface area (Å²) >= 11 is 0. The van der Waals surface area contributed by atoms with Crippen LogP contribution in [0.5, 0.6) is 0 Å². The van der Waals surface area contributed by atoms with Gasteiger partial charge < -0.3 is 24.1 Å². The molecule has 12 nitrogen and oxygen atoms in total. The Labute approximate surface area is 366 Å². The third kappa shape index (κ3) is 6.92. The third-order valence-electron chi connectivity index (χ3n) is 15.4. The highest BCUT2D eigenvalue weighted by atomic mass is 19.1. The minimum absolute atomic E-state index is 0.0304. The summed E-state index contributed by atoms with van der Waals surface area (Å²) in [5.74, 6) is -5.72. The summed E-state index contributed by atoms with van der Waals surface area (Å²) in [6.07, 6.45) is 7.21. The summed E-state index contributed by atoms with van der Waals surface area (Å²) in [6, 6.07) is 14.7. The molecular weight excluding hydrogens is 808 g/mol. The Kier molecular flexibility index (Phi) is 10.6. The molecule has 5 aliphatic carbocycles. The number of pyridine rings is 1. The number of rotatable bonds is 12. The second-order valence-corrected chi connectivity index (χ2v) is 19.7. The van der Waals surface area contributed by atoms with Crippen molar-refractivity contribution in [1.82, 2.24) is 9.88 Å². The van der Waals surface area contributed by atoms with Gasteiger partial charge in [-0.2, -0.15) is 0 Å². The molecule has 1 aromatic heterocycles. The number of halogens is 1. The number of aliphatic hydroxyl groups excluding tert-OH is 1. The lowest BCUT2D eigenvalue weighted by atomic mass is 9.44. The van der Waals surface area contributed by atoms with Crippen molar-refractivity contribution in [3.05, 3.63) is 101 Å². The molecule has 63 heavy (non-hydrogen) atoms. The van der Waals surface area contributed by atoms with Crippen molar-refractivity contribution in [2.75, 3.05) is 20.7 Å². The minimum Gasteiger partial charge on any atom is -0.461 e. The van der Waals surface area contributed by atoms with Crippen LogP contribution in [-0.4, -0.2) is 94.2 Å². The number of carbonyl (C=O) groups excluding carboxylic acids is 5. The predicted molar refractivity (Wildman–Crippen MR) is 227 cm³/mol. The Morgan fingerprint density at radius 1 is 0.937 bits per heavy atom. The van der Waals surface area contributed by atoms with E-state index in [9.17, 15) is 29.1 Å². The number of hydrogen-bond acceptors (Lipinski definition) is 12. The van der Waals surface area contributed by atoms with E-state index in [1.54, 1.807) is 39.2 Å². The van der Waals surface area contributed by atoms with Crippen LogP contribution in [0.2, 0.25) is 0 Å². The van der Waals surface area contributed by atoms with Crippen LogP contribution in [0, 0.1) is 34.5 Å². The summed E-state index contributed by atoms with van der Waals surface area (Å²) in [4.78, 5) is 72.8. The fourth-order valence-electron chi connectivity index (χ4n) is 12.2. The molecule has 3 unspecified atom stereocenters. The highest BCUT2D eigenvalue weighted by molar-refractivity contribution is 6.01. The molecule has 332 valence electrons. The van der Waals surface area contributed by atoms with Gasteiger partial charge in [0, 0.05) is 40.9 Å². The molecule has 1 N–H and O–H groups in total. The van der Waals surface area contributed by atoms with Crippen molar-refractivity contribution >= 4 is 40.1 Å². The van der Waals surface area contributed by atoms with E-state index in [0.717, 1.165) is 21.9 Å². The average Bonchev–Trinajstić information content (AvgIpc) is 3.94. The number of aromatic nitrogens is 1. The normalized spacial score (nSPS) is 35.2. The first kappa shape index (κ1) is 43.3. The first-order valence-corrected chi connectivity index (χ1v) is 22.0. The van der Waals surface area contributed by atoms with Gasteiger partial charge in [0.05, 0.1) is 30.1 Å². The largest absolute Gasteiger partial charge is 0.461 e.